The molecular weight excluding hydrogens is 292 g/mol. The minimum absolute atomic E-state index is 0.469. The highest BCUT2D eigenvalue weighted by Crippen LogP contribution is 2.41. The van der Waals surface area contributed by atoms with E-state index in [1.165, 1.54) is 27.8 Å². The fourth-order valence-electron chi connectivity index (χ4n) is 3.29. The molecule has 1 heterocycles. The fourth-order valence-corrected chi connectivity index (χ4v) is 3.29. The van der Waals surface area contributed by atoms with E-state index in [1.807, 2.05) is 25.2 Å². The Hall–Kier alpha value is -2.50. The van der Waals surface area contributed by atoms with Crippen molar-refractivity contribution in [1.82, 2.24) is 0 Å². The van der Waals surface area contributed by atoms with Gasteiger partial charge in [-0.15, -0.1) is 5.73 Å². The summed E-state index contributed by atoms with van der Waals surface area (Å²) >= 11 is 0. The van der Waals surface area contributed by atoms with Crippen molar-refractivity contribution < 1.29 is 4.74 Å². The van der Waals surface area contributed by atoms with Crippen LogP contribution in [0, 0.1) is 13.8 Å². The molecule has 122 valence electrons. The summed E-state index contributed by atoms with van der Waals surface area (Å²) in [7, 11) is 0. The van der Waals surface area contributed by atoms with Crippen LogP contribution in [0.25, 0.3) is 0 Å². The van der Waals surface area contributed by atoms with Gasteiger partial charge in [0.15, 0.2) is 5.60 Å². The second-order valence-corrected chi connectivity index (χ2v) is 6.66. The third-order valence-corrected chi connectivity index (χ3v) is 4.68. The molecule has 0 fully saturated rings. The van der Waals surface area contributed by atoms with E-state index in [9.17, 15) is 0 Å². The van der Waals surface area contributed by atoms with E-state index in [2.05, 4.69) is 69.0 Å². The predicted molar refractivity (Wildman–Crippen MR) is 101 cm³/mol. The van der Waals surface area contributed by atoms with Crippen LogP contribution in [0.2, 0.25) is 0 Å². The Balaban J connectivity index is 2.09. The van der Waals surface area contributed by atoms with Gasteiger partial charge in [-0.2, -0.15) is 0 Å². The highest BCUT2D eigenvalue weighted by Gasteiger charge is 2.36. The predicted octanol–water partition coefficient (Wildman–Crippen LogP) is 5.98. The lowest BCUT2D eigenvalue weighted by Gasteiger charge is -2.37. The second kappa shape index (κ2) is 6.55. The summed E-state index contributed by atoms with van der Waals surface area (Å²) in [4.78, 5) is 0. The SMILES string of the molecule is CC1=C(C)OC(CC2=CC=CC=C=C2)(c2ccc(C)cc2C)C=C1. The molecule has 0 aromatic heterocycles. The largest absolute Gasteiger partial charge is 0.482 e. The first kappa shape index (κ1) is 16.4. The van der Waals surface area contributed by atoms with Crippen molar-refractivity contribution in [3.63, 3.8) is 0 Å². The number of hydrogen-bond donors (Lipinski definition) is 0. The van der Waals surface area contributed by atoms with Crippen LogP contribution in [0.1, 0.15) is 37.0 Å². The maximum Gasteiger partial charge on any atom is 0.156 e. The van der Waals surface area contributed by atoms with Crippen LogP contribution in [0.4, 0.5) is 0 Å². The van der Waals surface area contributed by atoms with Gasteiger partial charge in [0, 0.05) is 12.0 Å². The van der Waals surface area contributed by atoms with Gasteiger partial charge in [0.1, 0.15) is 0 Å². The number of hydrogen-bond acceptors (Lipinski definition) is 1. The standard InChI is InChI=1S/C23H24O/c1-17-11-12-22(19(3)15-17)23(14-13-18(2)20(4)24-23)16-21-9-7-5-6-8-10-21/h5-7,9-15H,16H2,1-4H3. The second-order valence-electron chi connectivity index (χ2n) is 6.66. The molecule has 0 bridgehead atoms. The maximum atomic E-state index is 6.51. The molecule has 2 aliphatic rings. The molecule has 1 aromatic carbocycles. The van der Waals surface area contributed by atoms with Crippen LogP contribution in [0.15, 0.2) is 83.4 Å². The minimum Gasteiger partial charge on any atom is -0.482 e. The summed E-state index contributed by atoms with van der Waals surface area (Å²) in [6, 6.07) is 6.60. The maximum absolute atomic E-state index is 6.51. The molecule has 0 spiro atoms. The highest BCUT2D eigenvalue weighted by atomic mass is 16.5. The Morgan fingerprint density at radius 2 is 1.92 bits per heavy atom. The van der Waals surface area contributed by atoms with E-state index in [0.29, 0.717) is 0 Å². The van der Waals surface area contributed by atoms with Gasteiger partial charge in [-0.1, -0.05) is 48.1 Å². The number of allylic oxidation sites excluding steroid dienone is 7. The monoisotopic (exact) mass is 316 g/mol. The Bertz CT molecular complexity index is 839. The molecule has 0 N–H and O–H groups in total. The number of rotatable bonds is 3. The van der Waals surface area contributed by atoms with Crippen LogP contribution < -0.4 is 0 Å². The molecule has 1 unspecified atom stereocenters. The first-order chi connectivity index (χ1) is 11.5. The van der Waals surface area contributed by atoms with Crippen LogP contribution >= 0.6 is 0 Å². The van der Waals surface area contributed by atoms with E-state index in [4.69, 9.17) is 4.74 Å². The number of ether oxygens (including phenoxy) is 1. The molecular formula is C23H24O. The average Bonchev–Trinajstić information content (AvgIpc) is 2.79. The minimum atomic E-state index is -0.469. The molecule has 1 aliphatic heterocycles. The molecule has 1 aromatic rings. The van der Waals surface area contributed by atoms with Gasteiger partial charge in [0.05, 0.1) is 5.76 Å². The van der Waals surface area contributed by atoms with Gasteiger partial charge in [0.2, 0.25) is 0 Å². The van der Waals surface area contributed by atoms with E-state index in [0.717, 1.165) is 12.2 Å². The lowest BCUT2D eigenvalue weighted by molar-refractivity contribution is 0.0376. The van der Waals surface area contributed by atoms with E-state index < -0.39 is 5.60 Å². The molecule has 0 saturated heterocycles. The van der Waals surface area contributed by atoms with Gasteiger partial charge in [0.25, 0.3) is 0 Å². The fraction of sp³-hybridized carbons (Fsp3) is 0.261. The van der Waals surface area contributed by atoms with Crippen LogP contribution in [0.3, 0.4) is 0 Å². The van der Waals surface area contributed by atoms with Crippen molar-refractivity contribution >= 4 is 0 Å². The topological polar surface area (TPSA) is 9.23 Å². The molecule has 1 aliphatic carbocycles. The lowest BCUT2D eigenvalue weighted by Crippen LogP contribution is -2.30. The normalized spacial score (nSPS) is 22.4. The number of aryl methyl sites for hydroxylation is 2. The van der Waals surface area contributed by atoms with Crippen molar-refractivity contribution in [3.8, 4) is 0 Å². The van der Waals surface area contributed by atoms with E-state index in [1.54, 1.807) is 0 Å². The molecule has 1 nitrogen and oxygen atoms in total. The first-order valence-corrected chi connectivity index (χ1v) is 8.42. The Morgan fingerprint density at radius 3 is 2.67 bits per heavy atom. The van der Waals surface area contributed by atoms with Crippen LogP contribution in [-0.4, -0.2) is 0 Å². The first-order valence-electron chi connectivity index (χ1n) is 8.42. The van der Waals surface area contributed by atoms with Crippen molar-refractivity contribution in [1.29, 1.82) is 0 Å². The summed E-state index contributed by atoms with van der Waals surface area (Å²) in [5, 5.41) is 0. The molecule has 1 atom stereocenters. The third kappa shape index (κ3) is 3.22. The summed E-state index contributed by atoms with van der Waals surface area (Å²) in [5.41, 5.74) is 8.88. The molecule has 24 heavy (non-hydrogen) atoms. The summed E-state index contributed by atoms with van der Waals surface area (Å²) in [5.74, 6) is 0.988. The molecule has 3 rings (SSSR count). The van der Waals surface area contributed by atoms with Gasteiger partial charge >= 0.3 is 0 Å². The summed E-state index contributed by atoms with van der Waals surface area (Å²) in [6.07, 6.45) is 15.3. The molecule has 0 amide bonds. The zero-order valence-corrected chi connectivity index (χ0v) is 14.9. The molecule has 1 heteroatoms. The smallest absolute Gasteiger partial charge is 0.156 e. The average molecular weight is 316 g/mol. The van der Waals surface area contributed by atoms with E-state index in [-0.39, 0.29) is 0 Å². The zero-order chi connectivity index (χ0) is 17.2. The Morgan fingerprint density at radius 1 is 1.08 bits per heavy atom. The highest BCUT2D eigenvalue weighted by molar-refractivity contribution is 5.44. The molecule has 0 radical (unpaired) electrons. The van der Waals surface area contributed by atoms with Crippen molar-refractivity contribution in [2.24, 2.45) is 0 Å². The third-order valence-electron chi connectivity index (χ3n) is 4.68. The van der Waals surface area contributed by atoms with E-state index >= 15 is 0 Å². The summed E-state index contributed by atoms with van der Waals surface area (Å²) in [6.45, 7) is 8.43. The Labute approximate surface area is 145 Å². The summed E-state index contributed by atoms with van der Waals surface area (Å²) < 4.78 is 6.51. The van der Waals surface area contributed by atoms with Crippen LogP contribution in [0.5, 0.6) is 0 Å². The Kier molecular flexibility index (Phi) is 4.46. The zero-order valence-electron chi connectivity index (χ0n) is 14.9. The lowest BCUT2D eigenvalue weighted by atomic mass is 9.82. The van der Waals surface area contributed by atoms with Gasteiger partial charge in [-0.25, -0.2) is 0 Å². The molecule has 0 saturated carbocycles. The van der Waals surface area contributed by atoms with Crippen molar-refractivity contribution in [2.75, 3.05) is 0 Å². The quantitative estimate of drug-likeness (QED) is 0.624. The van der Waals surface area contributed by atoms with Gasteiger partial charge < -0.3 is 4.74 Å². The van der Waals surface area contributed by atoms with Gasteiger partial charge in [-0.05, 0) is 62.6 Å². The van der Waals surface area contributed by atoms with Crippen molar-refractivity contribution in [2.45, 2.75) is 39.7 Å². The number of benzene rings is 1. The van der Waals surface area contributed by atoms with Crippen molar-refractivity contribution in [3.05, 3.63) is 100 Å². The van der Waals surface area contributed by atoms with Gasteiger partial charge in [-0.3, -0.25) is 0 Å². The van der Waals surface area contributed by atoms with Crippen LogP contribution in [-0.2, 0) is 10.3 Å².